The van der Waals surface area contributed by atoms with Gasteiger partial charge < -0.3 is 15.5 Å². The lowest BCUT2D eigenvalue weighted by atomic mass is 9.70. The number of nitrogens with one attached hydrogen (secondary N) is 2. The third-order valence-corrected chi connectivity index (χ3v) is 5.16. The molecular weight excluding hydrogens is 238 g/mol. The molecule has 19 heavy (non-hydrogen) atoms. The van der Waals surface area contributed by atoms with E-state index in [-0.39, 0.29) is 5.91 Å². The van der Waals surface area contributed by atoms with Gasteiger partial charge in [-0.1, -0.05) is 0 Å². The van der Waals surface area contributed by atoms with Crippen molar-refractivity contribution in [1.29, 1.82) is 0 Å². The fourth-order valence-electron chi connectivity index (χ4n) is 3.83. The van der Waals surface area contributed by atoms with Crippen molar-refractivity contribution in [1.82, 2.24) is 15.5 Å². The van der Waals surface area contributed by atoms with Gasteiger partial charge >= 0.3 is 0 Å². The Morgan fingerprint density at radius 2 is 2.05 bits per heavy atom. The number of piperidine rings is 1. The number of likely N-dealkylation sites (tertiary alicyclic amines) is 1. The highest BCUT2D eigenvalue weighted by Gasteiger charge is 2.41. The highest BCUT2D eigenvalue weighted by Crippen LogP contribution is 2.38. The van der Waals surface area contributed by atoms with Crippen LogP contribution in [-0.4, -0.2) is 48.6 Å². The van der Waals surface area contributed by atoms with E-state index in [1.807, 2.05) is 0 Å². The molecule has 3 fully saturated rings. The number of hydrogen-bond acceptors (Lipinski definition) is 3. The summed E-state index contributed by atoms with van der Waals surface area (Å²) in [5.74, 6) is 0.258. The highest BCUT2D eigenvalue weighted by atomic mass is 16.1. The van der Waals surface area contributed by atoms with Crippen molar-refractivity contribution in [2.75, 3.05) is 26.2 Å². The van der Waals surface area contributed by atoms with Gasteiger partial charge in [-0.2, -0.15) is 0 Å². The monoisotopic (exact) mass is 265 g/mol. The molecule has 1 spiro atoms. The van der Waals surface area contributed by atoms with Crippen LogP contribution in [-0.2, 0) is 4.79 Å². The van der Waals surface area contributed by atoms with Crippen molar-refractivity contribution < 1.29 is 4.79 Å². The van der Waals surface area contributed by atoms with Crippen LogP contribution < -0.4 is 10.6 Å². The van der Waals surface area contributed by atoms with Crippen LogP contribution in [0.15, 0.2) is 0 Å². The summed E-state index contributed by atoms with van der Waals surface area (Å²) in [6.07, 6.45) is 9.47. The first-order chi connectivity index (χ1) is 9.26. The van der Waals surface area contributed by atoms with Gasteiger partial charge in [-0.15, -0.1) is 0 Å². The molecule has 0 aromatic carbocycles. The van der Waals surface area contributed by atoms with Crippen molar-refractivity contribution in [3.63, 3.8) is 0 Å². The second-order valence-corrected chi connectivity index (χ2v) is 6.62. The van der Waals surface area contributed by atoms with Gasteiger partial charge in [-0.3, -0.25) is 4.79 Å². The van der Waals surface area contributed by atoms with E-state index in [1.165, 1.54) is 45.2 Å². The van der Waals surface area contributed by atoms with Gasteiger partial charge in [-0.05, 0) is 64.6 Å². The molecule has 4 nitrogen and oxygen atoms in total. The molecule has 0 radical (unpaired) electrons. The smallest absolute Gasteiger partial charge is 0.221 e. The number of amides is 1. The molecule has 2 saturated heterocycles. The van der Waals surface area contributed by atoms with Crippen molar-refractivity contribution in [2.24, 2.45) is 0 Å². The molecule has 2 heterocycles. The minimum Gasteiger partial charge on any atom is -0.353 e. The maximum absolute atomic E-state index is 12.0. The summed E-state index contributed by atoms with van der Waals surface area (Å²) in [6, 6.07) is 0.410. The average Bonchev–Trinajstić information content (AvgIpc) is 2.88. The van der Waals surface area contributed by atoms with Crippen LogP contribution >= 0.6 is 0 Å². The number of hydrogen-bond donors (Lipinski definition) is 2. The first-order valence-electron chi connectivity index (χ1n) is 8.03. The van der Waals surface area contributed by atoms with E-state index < -0.39 is 0 Å². The minimum absolute atomic E-state index is 0.258. The Hall–Kier alpha value is -0.610. The Balaban J connectivity index is 1.38. The fourth-order valence-corrected chi connectivity index (χ4v) is 3.83. The van der Waals surface area contributed by atoms with Gasteiger partial charge in [0.05, 0.1) is 0 Å². The molecule has 1 unspecified atom stereocenters. The van der Waals surface area contributed by atoms with E-state index in [0.29, 0.717) is 18.0 Å². The number of carbonyl (C=O) groups excluding carboxylic acids is 1. The van der Waals surface area contributed by atoms with Gasteiger partial charge in [-0.25, -0.2) is 0 Å². The highest BCUT2D eigenvalue weighted by molar-refractivity contribution is 5.76. The van der Waals surface area contributed by atoms with Gasteiger partial charge in [0, 0.05) is 24.5 Å². The predicted molar refractivity (Wildman–Crippen MR) is 76.0 cm³/mol. The van der Waals surface area contributed by atoms with E-state index in [2.05, 4.69) is 15.5 Å². The lowest BCUT2D eigenvalue weighted by Gasteiger charge is -2.48. The van der Waals surface area contributed by atoms with E-state index in [0.717, 1.165) is 25.9 Å². The minimum atomic E-state index is 0.258. The topological polar surface area (TPSA) is 44.4 Å². The molecule has 1 atom stereocenters. The first-order valence-corrected chi connectivity index (χ1v) is 8.03. The van der Waals surface area contributed by atoms with Crippen LogP contribution in [0.25, 0.3) is 0 Å². The zero-order chi connectivity index (χ0) is 13.1. The largest absolute Gasteiger partial charge is 0.353 e. The molecule has 2 aliphatic heterocycles. The number of rotatable bonds is 4. The molecule has 1 saturated carbocycles. The lowest BCUT2D eigenvalue weighted by molar-refractivity contribution is -0.122. The van der Waals surface area contributed by atoms with Gasteiger partial charge in [0.15, 0.2) is 0 Å². The summed E-state index contributed by atoms with van der Waals surface area (Å²) in [5, 5.41) is 6.91. The first kappa shape index (κ1) is 13.4. The van der Waals surface area contributed by atoms with Gasteiger partial charge in [0.25, 0.3) is 0 Å². The van der Waals surface area contributed by atoms with Crippen molar-refractivity contribution in [2.45, 2.75) is 62.9 Å². The fraction of sp³-hybridized carbons (Fsp3) is 0.933. The molecule has 3 aliphatic rings. The van der Waals surface area contributed by atoms with Crippen LogP contribution in [0.1, 0.15) is 51.4 Å². The van der Waals surface area contributed by atoms with Crippen LogP contribution in [0.4, 0.5) is 0 Å². The van der Waals surface area contributed by atoms with E-state index >= 15 is 0 Å². The standard InChI is InChI=1S/C15H27N3O/c19-14(5-11-18-9-1-2-10-18)17-13-4-8-16-15(12-13)6-3-7-15/h13,16H,1-12H2,(H,17,19). The second kappa shape index (κ2) is 5.80. The second-order valence-electron chi connectivity index (χ2n) is 6.62. The molecule has 0 aromatic heterocycles. The van der Waals surface area contributed by atoms with Crippen LogP contribution in [0.3, 0.4) is 0 Å². The van der Waals surface area contributed by atoms with E-state index in [1.54, 1.807) is 0 Å². The molecule has 3 rings (SSSR count). The Morgan fingerprint density at radius 3 is 2.74 bits per heavy atom. The number of nitrogens with zero attached hydrogens (tertiary/aromatic N) is 1. The van der Waals surface area contributed by atoms with Crippen LogP contribution in [0.2, 0.25) is 0 Å². The van der Waals surface area contributed by atoms with E-state index in [4.69, 9.17) is 0 Å². The molecule has 4 heteroatoms. The normalized spacial score (nSPS) is 30.2. The summed E-state index contributed by atoms with van der Waals surface area (Å²) >= 11 is 0. The summed E-state index contributed by atoms with van der Waals surface area (Å²) in [4.78, 5) is 14.4. The quantitative estimate of drug-likeness (QED) is 0.804. The molecule has 1 amide bonds. The number of carbonyl (C=O) groups is 1. The lowest BCUT2D eigenvalue weighted by Crippen LogP contribution is -2.59. The van der Waals surface area contributed by atoms with Gasteiger partial charge in [0.2, 0.25) is 5.91 Å². The Morgan fingerprint density at radius 1 is 1.26 bits per heavy atom. The Labute approximate surface area is 116 Å². The third-order valence-electron chi connectivity index (χ3n) is 5.16. The zero-order valence-corrected chi connectivity index (χ0v) is 11.9. The maximum atomic E-state index is 12.0. The SMILES string of the molecule is O=C(CCN1CCCC1)NC1CCNC2(CCC2)C1. The van der Waals surface area contributed by atoms with E-state index in [9.17, 15) is 4.79 Å². The summed E-state index contributed by atoms with van der Waals surface area (Å²) in [7, 11) is 0. The zero-order valence-electron chi connectivity index (χ0n) is 11.9. The van der Waals surface area contributed by atoms with Crippen LogP contribution in [0.5, 0.6) is 0 Å². The van der Waals surface area contributed by atoms with Crippen LogP contribution in [0, 0.1) is 0 Å². The predicted octanol–water partition coefficient (Wildman–Crippen LogP) is 1.26. The summed E-state index contributed by atoms with van der Waals surface area (Å²) in [5.41, 5.74) is 0.380. The molecule has 2 N–H and O–H groups in total. The molecular formula is C15H27N3O. The maximum Gasteiger partial charge on any atom is 0.221 e. The van der Waals surface area contributed by atoms with Gasteiger partial charge in [0.1, 0.15) is 0 Å². The summed E-state index contributed by atoms with van der Waals surface area (Å²) in [6.45, 7) is 4.38. The van der Waals surface area contributed by atoms with Crippen molar-refractivity contribution in [3.05, 3.63) is 0 Å². The molecule has 0 bridgehead atoms. The Kier molecular flexibility index (Phi) is 4.08. The third kappa shape index (κ3) is 3.29. The molecule has 1 aliphatic carbocycles. The Bertz CT molecular complexity index is 321. The molecule has 108 valence electrons. The van der Waals surface area contributed by atoms with Crippen molar-refractivity contribution >= 4 is 5.91 Å². The van der Waals surface area contributed by atoms with Crippen molar-refractivity contribution in [3.8, 4) is 0 Å². The molecule has 0 aromatic rings. The summed E-state index contributed by atoms with van der Waals surface area (Å²) < 4.78 is 0. The average molecular weight is 265 g/mol.